The fourth-order valence-electron chi connectivity index (χ4n) is 2.81. The van der Waals surface area contributed by atoms with Gasteiger partial charge in [-0.3, -0.25) is 0 Å². The van der Waals surface area contributed by atoms with Crippen molar-refractivity contribution in [2.75, 3.05) is 6.61 Å². The van der Waals surface area contributed by atoms with Gasteiger partial charge in [-0.2, -0.15) is 0 Å². The van der Waals surface area contributed by atoms with Crippen LogP contribution in [-0.2, 0) is 10.8 Å². The molecule has 26 heavy (non-hydrogen) atoms. The SMILES string of the molecule is C/C=C(C)/C=C/C=C(\C)c1cc(C(C)(C)C)c(OCC)c(C(C)(C)C)c1. The first-order chi connectivity index (χ1) is 11.9. The van der Waals surface area contributed by atoms with Crippen LogP contribution in [0, 0.1) is 0 Å². The van der Waals surface area contributed by atoms with E-state index in [1.807, 2.05) is 0 Å². The Bertz CT molecular complexity index is 666. The number of rotatable bonds is 5. The molecule has 1 nitrogen and oxygen atoms in total. The lowest BCUT2D eigenvalue weighted by Crippen LogP contribution is -2.20. The van der Waals surface area contributed by atoms with Crippen molar-refractivity contribution in [2.24, 2.45) is 0 Å². The molecule has 0 aromatic heterocycles. The van der Waals surface area contributed by atoms with Gasteiger partial charge in [0.25, 0.3) is 0 Å². The van der Waals surface area contributed by atoms with Gasteiger partial charge in [0, 0.05) is 11.1 Å². The lowest BCUT2D eigenvalue weighted by Gasteiger charge is -2.30. The molecule has 0 unspecified atom stereocenters. The summed E-state index contributed by atoms with van der Waals surface area (Å²) in [6, 6.07) is 4.62. The van der Waals surface area contributed by atoms with Crippen molar-refractivity contribution < 1.29 is 4.74 Å². The Morgan fingerprint density at radius 1 is 0.962 bits per heavy atom. The molecule has 0 aliphatic rings. The molecule has 144 valence electrons. The van der Waals surface area contributed by atoms with E-state index in [0.717, 1.165) is 5.75 Å². The van der Waals surface area contributed by atoms with E-state index >= 15 is 0 Å². The van der Waals surface area contributed by atoms with Crippen LogP contribution in [0.25, 0.3) is 5.57 Å². The molecule has 1 rings (SSSR count). The van der Waals surface area contributed by atoms with Gasteiger partial charge < -0.3 is 4.74 Å². The van der Waals surface area contributed by atoms with Crippen LogP contribution in [0.4, 0.5) is 0 Å². The van der Waals surface area contributed by atoms with E-state index in [0.29, 0.717) is 6.61 Å². The largest absolute Gasteiger partial charge is 0.493 e. The van der Waals surface area contributed by atoms with Crippen LogP contribution in [0.2, 0.25) is 0 Å². The molecular formula is C25H38O. The molecule has 0 saturated heterocycles. The molecule has 0 fully saturated rings. The zero-order valence-corrected chi connectivity index (χ0v) is 18.6. The van der Waals surface area contributed by atoms with E-state index in [9.17, 15) is 0 Å². The lowest BCUT2D eigenvalue weighted by molar-refractivity contribution is 0.319. The summed E-state index contributed by atoms with van der Waals surface area (Å²) in [5.74, 6) is 1.06. The Hall–Kier alpha value is -1.76. The molecule has 0 aliphatic heterocycles. The molecule has 1 aromatic carbocycles. The molecule has 0 aliphatic carbocycles. The van der Waals surface area contributed by atoms with Crippen LogP contribution in [0.3, 0.4) is 0 Å². The third-order valence-corrected chi connectivity index (χ3v) is 4.61. The molecule has 0 spiro atoms. The maximum Gasteiger partial charge on any atom is 0.126 e. The smallest absolute Gasteiger partial charge is 0.126 e. The third-order valence-electron chi connectivity index (χ3n) is 4.61. The summed E-state index contributed by atoms with van der Waals surface area (Å²) in [6.07, 6.45) is 8.59. The lowest BCUT2D eigenvalue weighted by atomic mass is 9.77. The van der Waals surface area contributed by atoms with E-state index in [1.165, 1.54) is 27.8 Å². The maximum atomic E-state index is 6.14. The van der Waals surface area contributed by atoms with Crippen LogP contribution in [0.5, 0.6) is 5.75 Å². The average molecular weight is 355 g/mol. The Morgan fingerprint density at radius 3 is 1.85 bits per heavy atom. The van der Waals surface area contributed by atoms with Gasteiger partial charge in [-0.1, -0.05) is 71.4 Å². The van der Waals surface area contributed by atoms with Crippen molar-refractivity contribution in [1.82, 2.24) is 0 Å². The molecule has 0 atom stereocenters. The standard InChI is InChI=1S/C25H38O/c1-11-18(3)14-13-15-19(4)20-16-21(24(5,6)7)23(26-12-2)22(17-20)25(8,9)10/h11,13-17H,12H2,1-10H3/b14-13+,18-11+,19-15+. The maximum absolute atomic E-state index is 6.14. The Morgan fingerprint density at radius 2 is 1.46 bits per heavy atom. The number of allylic oxidation sites excluding steroid dienone is 6. The van der Waals surface area contributed by atoms with Crippen molar-refractivity contribution in [1.29, 1.82) is 0 Å². The molecule has 1 heteroatoms. The van der Waals surface area contributed by atoms with Gasteiger partial charge in [-0.05, 0) is 61.8 Å². The monoisotopic (exact) mass is 354 g/mol. The van der Waals surface area contributed by atoms with Crippen LogP contribution in [0.15, 0.2) is 42.0 Å². The van der Waals surface area contributed by atoms with Crippen molar-refractivity contribution in [3.05, 3.63) is 58.7 Å². The van der Waals surface area contributed by atoms with E-state index in [-0.39, 0.29) is 10.8 Å². The van der Waals surface area contributed by atoms with E-state index < -0.39 is 0 Å². The second kappa shape index (κ2) is 8.75. The van der Waals surface area contributed by atoms with Crippen molar-refractivity contribution in [3.63, 3.8) is 0 Å². The average Bonchev–Trinajstić information content (AvgIpc) is 2.52. The Labute approximate surface area is 161 Å². The molecule has 0 bridgehead atoms. The van der Waals surface area contributed by atoms with E-state index in [2.05, 4.69) is 106 Å². The molecule has 1 aromatic rings. The topological polar surface area (TPSA) is 9.23 Å². The fraction of sp³-hybridized carbons (Fsp3) is 0.520. The highest BCUT2D eigenvalue weighted by atomic mass is 16.5. The molecule has 0 N–H and O–H groups in total. The fourth-order valence-corrected chi connectivity index (χ4v) is 2.81. The summed E-state index contributed by atoms with van der Waals surface area (Å²) < 4.78 is 6.14. The minimum Gasteiger partial charge on any atom is -0.493 e. The number of benzene rings is 1. The molecular weight excluding hydrogens is 316 g/mol. The minimum atomic E-state index is 0.0260. The summed E-state index contributed by atoms with van der Waals surface area (Å²) in [6.45, 7) is 22.7. The van der Waals surface area contributed by atoms with Crippen molar-refractivity contribution >= 4 is 5.57 Å². The van der Waals surface area contributed by atoms with Gasteiger partial charge in [0.2, 0.25) is 0 Å². The summed E-state index contributed by atoms with van der Waals surface area (Å²) in [5, 5.41) is 0. The van der Waals surface area contributed by atoms with Gasteiger partial charge in [0.1, 0.15) is 5.75 Å². The zero-order valence-electron chi connectivity index (χ0n) is 18.6. The normalized spacial score (nSPS) is 14.2. The summed E-state index contributed by atoms with van der Waals surface area (Å²) in [4.78, 5) is 0. The summed E-state index contributed by atoms with van der Waals surface area (Å²) in [7, 11) is 0. The quantitative estimate of drug-likeness (QED) is 0.494. The minimum absolute atomic E-state index is 0.0260. The number of hydrogen-bond donors (Lipinski definition) is 0. The predicted octanol–water partition coefficient (Wildman–Crippen LogP) is 7.61. The van der Waals surface area contributed by atoms with Crippen LogP contribution in [-0.4, -0.2) is 6.61 Å². The first-order valence-electron chi connectivity index (χ1n) is 9.71. The molecule has 0 heterocycles. The third kappa shape index (κ3) is 5.90. The summed E-state index contributed by atoms with van der Waals surface area (Å²) in [5.41, 5.74) is 6.42. The van der Waals surface area contributed by atoms with Crippen LogP contribution < -0.4 is 4.74 Å². The van der Waals surface area contributed by atoms with Crippen LogP contribution >= 0.6 is 0 Å². The van der Waals surface area contributed by atoms with Gasteiger partial charge in [-0.25, -0.2) is 0 Å². The first kappa shape index (κ1) is 22.3. The first-order valence-corrected chi connectivity index (χ1v) is 9.71. The van der Waals surface area contributed by atoms with Crippen molar-refractivity contribution in [3.8, 4) is 5.75 Å². The second-order valence-electron chi connectivity index (χ2n) is 9.07. The molecule has 0 saturated carbocycles. The van der Waals surface area contributed by atoms with Crippen molar-refractivity contribution in [2.45, 2.75) is 80.1 Å². The highest BCUT2D eigenvalue weighted by Crippen LogP contribution is 2.41. The van der Waals surface area contributed by atoms with Gasteiger partial charge >= 0.3 is 0 Å². The Kier molecular flexibility index (Phi) is 7.50. The van der Waals surface area contributed by atoms with Gasteiger partial charge in [-0.15, -0.1) is 0 Å². The summed E-state index contributed by atoms with van der Waals surface area (Å²) >= 11 is 0. The highest BCUT2D eigenvalue weighted by Gasteiger charge is 2.27. The Balaban J connectivity index is 3.61. The van der Waals surface area contributed by atoms with Crippen LogP contribution in [0.1, 0.15) is 85.9 Å². The predicted molar refractivity (Wildman–Crippen MR) is 117 cm³/mol. The highest BCUT2D eigenvalue weighted by molar-refractivity contribution is 5.69. The molecule has 0 radical (unpaired) electrons. The van der Waals surface area contributed by atoms with Gasteiger partial charge in [0.05, 0.1) is 6.61 Å². The number of hydrogen-bond acceptors (Lipinski definition) is 1. The second-order valence-corrected chi connectivity index (χ2v) is 9.07. The van der Waals surface area contributed by atoms with Gasteiger partial charge in [0.15, 0.2) is 0 Å². The van der Waals surface area contributed by atoms with E-state index in [1.54, 1.807) is 0 Å². The van der Waals surface area contributed by atoms with E-state index in [4.69, 9.17) is 4.74 Å². The zero-order chi connectivity index (χ0) is 20.1. The molecule has 0 amide bonds. The number of ether oxygens (including phenoxy) is 1.